The number of nitro groups is 1. The minimum Gasteiger partial charge on any atom is -0.475 e. The minimum absolute atomic E-state index is 0.0544. The summed E-state index contributed by atoms with van der Waals surface area (Å²) >= 11 is 0. The van der Waals surface area contributed by atoms with Crippen LogP contribution in [0.5, 0.6) is 0 Å². The number of nitrogens with one attached hydrogen (secondary N) is 5. The molecule has 328 valence electrons. The normalized spacial score (nSPS) is 14.2. The number of alkyl halides is 3. The average molecular weight is 836 g/mol. The van der Waals surface area contributed by atoms with Gasteiger partial charge in [0.1, 0.15) is 30.2 Å². The quantitative estimate of drug-likeness (QED) is 0.0460. The van der Waals surface area contributed by atoms with Gasteiger partial charge in [-0.25, -0.2) is 9.59 Å². The van der Waals surface area contributed by atoms with Crippen molar-refractivity contribution in [3.63, 3.8) is 0 Å². The smallest absolute Gasteiger partial charge is 0.475 e. The summed E-state index contributed by atoms with van der Waals surface area (Å²) in [7, 11) is 1.20. The molecule has 6 unspecified atom stereocenters. The molecule has 0 aliphatic heterocycles. The lowest BCUT2D eigenvalue weighted by molar-refractivity contribution is -0.384. The summed E-state index contributed by atoms with van der Waals surface area (Å²) < 4.78 is 36.5. The van der Waals surface area contributed by atoms with E-state index in [0.717, 1.165) is 0 Å². The Morgan fingerprint density at radius 1 is 0.776 bits per heavy atom. The number of nitrogens with two attached hydrogens (primary N) is 1. The maximum absolute atomic E-state index is 13.8. The van der Waals surface area contributed by atoms with Gasteiger partial charge < -0.3 is 47.3 Å². The lowest BCUT2D eigenvalue weighted by atomic mass is 10.0. The van der Waals surface area contributed by atoms with Gasteiger partial charge in [-0.2, -0.15) is 13.2 Å². The number of carboxylic acid groups (broad SMARTS) is 1. The van der Waals surface area contributed by atoms with E-state index in [1.807, 2.05) is 34.6 Å². The van der Waals surface area contributed by atoms with Crippen LogP contribution < -0.4 is 32.3 Å². The molecule has 58 heavy (non-hydrogen) atoms. The fourth-order valence-corrected chi connectivity index (χ4v) is 5.01. The number of unbranched alkanes of at least 4 members (excludes halogenated alkanes) is 1. The molecule has 1 aromatic carbocycles. The second-order valence-corrected chi connectivity index (χ2v) is 14.1. The molecule has 9 N–H and O–H groups in total. The van der Waals surface area contributed by atoms with E-state index in [-0.39, 0.29) is 30.4 Å². The monoisotopic (exact) mass is 835 g/mol. The zero-order chi connectivity index (χ0) is 44.9. The van der Waals surface area contributed by atoms with Crippen molar-refractivity contribution < 1.29 is 66.6 Å². The molecule has 1 rings (SSSR count). The molecule has 0 aliphatic rings. The fraction of sp³-hybridized carbons (Fsp3) is 0.639. The second kappa shape index (κ2) is 25.8. The van der Waals surface area contributed by atoms with Crippen molar-refractivity contribution >= 4 is 47.2 Å². The number of hydrogen-bond acceptors (Lipinski definition) is 12. The third kappa shape index (κ3) is 20.2. The second-order valence-electron chi connectivity index (χ2n) is 14.1. The largest absolute Gasteiger partial charge is 0.490 e. The molecule has 5 amide bonds. The standard InChI is InChI=1S/C34H55N7O10.C2HF3O2/c1-8-9-10-25(31(45)36-21(6)29(43)39-27(16-20(4)5)34(48)51-7)37-32(46)26(17-22-11-13-23(14-12-22)41(49)50)38-33(47)28(18-42)40-30(44)24(35)15-19(2)3;3-2(4,5)1(6)7/h11-14,19-21,24-28,42H,8-10,15-18,35H2,1-7H3,(H,36,45)(H,37,46)(H,38,47)(H,39,43)(H,40,44);(H,6,7). The van der Waals surface area contributed by atoms with Gasteiger partial charge in [0.2, 0.25) is 29.5 Å². The van der Waals surface area contributed by atoms with Crippen LogP contribution in [0.15, 0.2) is 24.3 Å². The SMILES string of the molecule is CCCCC(NC(=O)C(Cc1ccc([N+](=O)[O-])cc1)NC(=O)C(CO)NC(=O)C(N)CC(C)C)C(=O)NC(C)C(=O)NC(CC(C)C)C(=O)OC.O=C(O)C(F)(F)F. The molecule has 1 aromatic rings. The lowest BCUT2D eigenvalue weighted by Gasteiger charge is -2.26. The molecule has 19 nitrogen and oxygen atoms in total. The molecule has 0 heterocycles. The molecule has 0 aromatic heterocycles. The summed E-state index contributed by atoms with van der Waals surface area (Å²) in [4.78, 5) is 97.7. The van der Waals surface area contributed by atoms with Gasteiger partial charge in [0, 0.05) is 18.6 Å². The van der Waals surface area contributed by atoms with Gasteiger partial charge in [-0.3, -0.25) is 34.1 Å². The molecule has 22 heteroatoms. The van der Waals surface area contributed by atoms with Crippen LogP contribution in [0.2, 0.25) is 0 Å². The predicted octanol–water partition coefficient (Wildman–Crippen LogP) is 0.990. The predicted molar refractivity (Wildman–Crippen MR) is 201 cm³/mol. The highest BCUT2D eigenvalue weighted by Crippen LogP contribution is 2.15. The van der Waals surface area contributed by atoms with Gasteiger partial charge in [-0.1, -0.05) is 59.6 Å². The third-order valence-corrected chi connectivity index (χ3v) is 8.08. The van der Waals surface area contributed by atoms with Crippen LogP contribution in [0.25, 0.3) is 0 Å². The number of carbonyl (C=O) groups is 7. The molecule has 0 saturated carbocycles. The fourth-order valence-electron chi connectivity index (χ4n) is 5.01. The van der Waals surface area contributed by atoms with Crippen LogP contribution in [0.4, 0.5) is 18.9 Å². The van der Waals surface area contributed by atoms with Crippen molar-refractivity contribution in [3.8, 4) is 0 Å². The summed E-state index contributed by atoms with van der Waals surface area (Å²) in [5, 5.41) is 40.9. The number of carboxylic acids is 1. The number of methoxy groups -OCH3 is 1. The van der Waals surface area contributed by atoms with Crippen molar-refractivity contribution in [2.75, 3.05) is 13.7 Å². The molecule has 0 spiro atoms. The topological polar surface area (TPSA) is 298 Å². The summed E-state index contributed by atoms with van der Waals surface area (Å²) in [6, 6.07) is -1.71. The third-order valence-electron chi connectivity index (χ3n) is 8.08. The number of hydrogen-bond donors (Lipinski definition) is 8. The van der Waals surface area contributed by atoms with Crippen molar-refractivity contribution in [2.24, 2.45) is 17.6 Å². The van der Waals surface area contributed by atoms with E-state index >= 15 is 0 Å². The van der Waals surface area contributed by atoms with Crippen LogP contribution >= 0.6 is 0 Å². The number of rotatable bonds is 22. The van der Waals surface area contributed by atoms with Gasteiger partial charge >= 0.3 is 18.1 Å². The summed E-state index contributed by atoms with van der Waals surface area (Å²) in [5.41, 5.74) is 6.15. The van der Waals surface area contributed by atoms with Gasteiger partial charge in [0.05, 0.1) is 24.7 Å². The molecular formula is C36H56F3N7O12. The highest BCUT2D eigenvalue weighted by molar-refractivity contribution is 5.96. The zero-order valence-electron chi connectivity index (χ0n) is 33.5. The van der Waals surface area contributed by atoms with Crippen LogP contribution in [0.1, 0.15) is 79.2 Å². The maximum atomic E-state index is 13.8. The van der Waals surface area contributed by atoms with Crippen molar-refractivity contribution in [3.05, 3.63) is 39.9 Å². The van der Waals surface area contributed by atoms with Crippen LogP contribution in [0.3, 0.4) is 0 Å². The number of non-ortho nitro benzene ring substituents is 1. The van der Waals surface area contributed by atoms with E-state index in [4.69, 9.17) is 20.4 Å². The van der Waals surface area contributed by atoms with E-state index < -0.39 is 95.4 Å². The highest BCUT2D eigenvalue weighted by atomic mass is 19.4. The Labute approximate surface area is 333 Å². The molecule has 0 bridgehead atoms. The maximum Gasteiger partial charge on any atom is 0.490 e. The van der Waals surface area contributed by atoms with E-state index in [2.05, 4.69) is 26.6 Å². The number of aliphatic hydroxyl groups is 1. The number of halogens is 3. The Kier molecular flexibility index (Phi) is 23.4. The number of aliphatic carboxylic acids is 1. The molecular weight excluding hydrogens is 779 g/mol. The average Bonchev–Trinajstić information content (AvgIpc) is 3.13. The molecule has 6 atom stereocenters. The molecule has 0 aliphatic carbocycles. The lowest BCUT2D eigenvalue weighted by Crippen LogP contribution is -2.60. The van der Waals surface area contributed by atoms with E-state index in [1.165, 1.54) is 38.3 Å². The number of benzene rings is 1. The zero-order valence-corrected chi connectivity index (χ0v) is 33.5. The van der Waals surface area contributed by atoms with Crippen LogP contribution in [-0.4, -0.2) is 113 Å². The van der Waals surface area contributed by atoms with Gasteiger partial charge in [-0.15, -0.1) is 0 Å². The first-order chi connectivity index (χ1) is 26.9. The number of aliphatic hydroxyl groups excluding tert-OH is 1. The van der Waals surface area contributed by atoms with E-state index in [9.17, 15) is 57.2 Å². The Balaban J connectivity index is 0.00000422. The Bertz CT molecular complexity index is 1540. The Hall–Kier alpha value is -5.38. The first-order valence-electron chi connectivity index (χ1n) is 18.4. The summed E-state index contributed by atoms with van der Waals surface area (Å²) in [6.07, 6.45) is -3.30. The molecule has 0 saturated heterocycles. The number of amides is 5. The van der Waals surface area contributed by atoms with Crippen molar-refractivity contribution in [1.29, 1.82) is 0 Å². The highest BCUT2D eigenvalue weighted by Gasteiger charge is 2.38. The Morgan fingerprint density at radius 2 is 1.24 bits per heavy atom. The number of ether oxygens (including phenoxy) is 1. The molecule has 0 fully saturated rings. The van der Waals surface area contributed by atoms with E-state index in [0.29, 0.717) is 31.2 Å². The first-order valence-corrected chi connectivity index (χ1v) is 18.4. The summed E-state index contributed by atoms with van der Waals surface area (Å²) in [5.74, 6) is -6.99. The Morgan fingerprint density at radius 3 is 1.69 bits per heavy atom. The van der Waals surface area contributed by atoms with Gasteiger partial charge in [0.25, 0.3) is 5.69 Å². The van der Waals surface area contributed by atoms with Gasteiger partial charge in [0.15, 0.2) is 0 Å². The van der Waals surface area contributed by atoms with Crippen LogP contribution in [-0.2, 0) is 44.7 Å². The number of esters is 1. The van der Waals surface area contributed by atoms with E-state index in [1.54, 1.807) is 0 Å². The number of nitrogens with zero attached hydrogens (tertiary/aromatic N) is 1. The first kappa shape index (κ1) is 52.6. The number of carbonyl (C=O) groups excluding carboxylic acids is 6. The minimum atomic E-state index is -5.08. The van der Waals surface area contributed by atoms with Crippen LogP contribution in [0, 0.1) is 22.0 Å². The number of nitro benzene ring substituents is 1. The van der Waals surface area contributed by atoms with Crippen molar-refractivity contribution in [1.82, 2.24) is 26.6 Å². The van der Waals surface area contributed by atoms with Crippen molar-refractivity contribution in [2.45, 2.75) is 122 Å². The molecule has 0 radical (unpaired) electrons. The van der Waals surface area contributed by atoms with Gasteiger partial charge in [-0.05, 0) is 43.6 Å². The summed E-state index contributed by atoms with van der Waals surface area (Å²) in [6.45, 7) is 9.95.